The Bertz CT molecular complexity index is 3070. The maximum atomic E-state index is 14.1. The highest BCUT2D eigenvalue weighted by atomic mass is 35.5. The minimum Gasteiger partial charge on any atom is -0.476 e. The highest BCUT2D eigenvalue weighted by Gasteiger charge is 2.36. The molecule has 2 aliphatic rings. The van der Waals surface area contributed by atoms with Gasteiger partial charge in [0.2, 0.25) is 0 Å². The van der Waals surface area contributed by atoms with Crippen LogP contribution in [0, 0.1) is 0 Å². The van der Waals surface area contributed by atoms with Crippen molar-refractivity contribution in [1.29, 1.82) is 0 Å². The summed E-state index contributed by atoms with van der Waals surface area (Å²) < 4.78 is 28.1. The van der Waals surface area contributed by atoms with Gasteiger partial charge < -0.3 is 34.6 Å². The van der Waals surface area contributed by atoms with E-state index in [-0.39, 0.29) is 65.7 Å². The van der Waals surface area contributed by atoms with Gasteiger partial charge in [-0.2, -0.15) is 0 Å². The van der Waals surface area contributed by atoms with Crippen LogP contribution in [0.25, 0.3) is 33.7 Å². The molecule has 6 aromatic rings. The van der Waals surface area contributed by atoms with Crippen molar-refractivity contribution in [3.8, 4) is 11.5 Å². The van der Waals surface area contributed by atoms with Crippen LogP contribution in [-0.2, 0) is 18.9 Å². The molecule has 0 bridgehead atoms. The van der Waals surface area contributed by atoms with Crippen LogP contribution in [-0.4, -0.2) is 79.8 Å². The Morgan fingerprint density at radius 1 is 0.812 bits per heavy atom. The van der Waals surface area contributed by atoms with Crippen molar-refractivity contribution in [2.24, 2.45) is 0 Å². The lowest BCUT2D eigenvalue weighted by Gasteiger charge is -2.18. The number of rotatable bonds is 16. The Balaban J connectivity index is 1.07. The van der Waals surface area contributed by atoms with Gasteiger partial charge in [-0.15, -0.1) is 28.1 Å². The van der Waals surface area contributed by atoms with E-state index < -0.39 is 38.1 Å². The molecule has 3 amide bonds. The van der Waals surface area contributed by atoms with E-state index in [4.69, 9.17) is 37.2 Å². The summed E-state index contributed by atoms with van der Waals surface area (Å²) in [4.78, 5) is 58.5. The number of pyridine rings is 1. The SMILES string of the molecule is CC(COC(=O)Nc1cc(C=CC(=O)N2CC(CCl)c3c2cc(OC(O)=C(O)O)c2ccccc32)ccc1C=CC(=O)N1CC(CCl)c2c1cc(O[P+](=O)O)c1ccccc21)SSc1ccccn1. The summed E-state index contributed by atoms with van der Waals surface area (Å²) in [5.74, 6) is -3.31. The summed E-state index contributed by atoms with van der Waals surface area (Å²) in [6, 6.07) is 28.0. The molecule has 69 heavy (non-hydrogen) atoms. The van der Waals surface area contributed by atoms with Crippen LogP contribution in [0.5, 0.6) is 11.5 Å². The number of hydrogen-bond acceptors (Lipinski definition) is 13. The Hall–Kier alpha value is -6.46. The quantitative estimate of drug-likeness (QED) is 0.0201. The third-order valence-corrected chi connectivity index (χ3v) is 15.1. The fraction of sp³-hybridized carbons (Fsp3) is 0.184. The maximum absolute atomic E-state index is 14.1. The Labute approximate surface area is 414 Å². The lowest BCUT2D eigenvalue weighted by atomic mass is 9.95. The van der Waals surface area contributed by atoms with Crippen molar-refractivity contribution in [1.82, 2.24) is 4.98 Å². The molecule has 0 aliphatic carbocycles. The Kier molecular flexibility index (Phi) is 15.5. The molecule has 8 rings (SSSR count). The van der Waals surface area contributed by atoms with E-state index in [1.165, 1.54) is 55.7 Å². The molecular formula is C49H42Cl2N4O11PS2+. The predicted octanol–water partition coefficient (Wildman–Crippen LogP) is 11.7. The fourth-order valence-corrected chi connectivity index (χ4v) is 10.9. The molecule has 0 saturated heterocycles. The Morgan fingerprint density at radius 2 is 1.39 bits per heavy atom. The first-order chi connectivity index (χ1) is 33.3. The van der Waals surface area contributed by atoms with Gasteiger partial charge >= 0.3 is 26.2 Å². The van der Waals surface area contributed by atoms with Gasteiger partial charge in [-0.3, -0.25) is 14.9 Å². The number of benzene rings is 5. The first-order valence-electron chi connectivity index (χ1n) is 21.2. The molecule has 0 fully saturated rings. The molecular weight excluding hydrogens is 987 g/mol. The summed E-state index contributed by atoms with van der Waals surface area (Å²) in [6.45, 7) is 2.42. The zero-order valence-electron chi connectivity index (χ0n) is 36.4. The maximum Gasteiger partial charge on any atom is 0.747 e. The number of nitrogens with zero attached hydrogens (tertiary/aromatic N) is 3. The van der Waals surface area contributed by atoms with E-state index in [2.05, 4.69) is 10.3 Å². The van der Waals surface area contributed by atoms with Gasteiger partial charge in [0.25, 0.3) is 11.8 Å². The number of hydrogen-bond donors (Lipinski definition) is 5. The van der Waals surface area contributed by atoms with E-state index in [0.717, 1.165) is 21.5 Å². The van der Waals surface area contributed by atoms with Gasteiger partial charge in [-0.1, -0.05) is 77.5 Å². The summed E-state index contributed by atoms with van der Waals surface area (Å²) in [7, 11) is -0.0597. The minimum absolute atomic E-state index is 0.0643. The molecule has 15 nitrogen and oxygen atoms in total. The van der Waals surface area contributed by atoms with E-state index in [1.807, 2.05) is 43.3 Å². The molecule has 0 spiro atoms. The van der Waals surface area contributed by atoms with Gasteiger partial charge in [0.05, 0.1) is 17.1 Å². The largest absolute Gasteiger partial charge is 0.747 e. The van der Waals surface area contributed by atoms with Crippen LogP contribution in [0.2, 0.25) is 0 Å². The van der Waals surface area contributed by atoms with E-state index in [1.54, 1.807) is 66.9 Å². The van der Waals surface area contributed by atoms with E-state index in [9.17, 15) is 39.2 Å². The minimum atomic E-state index is -3.01. The smallest absolute Gasteiger partial charge is 0.476 e. The van der Waals surface area contributed by atoms with Gasteiger partial charge in [0, 0.05) is 87.8 Å². The number of alkyl halides is 2. The van der Waals surface area contributed by atoms with Crippen molar-refractivity contribution in [3.63, 3.8) is 0 Å². The summed E-state index contributed by atoms with van der Waals surface area (Å²) in [6.07, 6.45) is 6.74. The van der Waals surface area contributed by atoms with Crippen molar-refractivity contribution in [2.75, 3.05) is 46.6 Å². The number of amides is 3. The van der Waals surface area contributed by atoms with Crippen LogP contribution in [0.3, 0.4) is 0 Å². The fourth-order valence-electron chi connectivity index (χ4n) is 8.22. The first-order valence-corrected chi connectivity index (χ1v) is 25.6. The third kappa shape index (κ3) is 11.0. The van der Waals surface area contributed by atoms with Crippen molar-refractivity contribution in [2.45, 2.75) is 29.0 Å². The van der Waals surface area contributed by atoms with Crippen molar-refractivity contribution < 1.29 is 53.2 Å². The molecule has 3 heterocycles. The topological polar surface area (TPSA) is 208 Å². The highest BCUT2D eigenvalue weighted by Crippen LogP contribution is 2.48. The highest BCUT2D eigenvalue weighted by molar-refractivity contribution is 8.76. The van der Waals surface area contributed by atoms with Crippen LogP contribution >= 0.6 is 53.0 Å². The lowest BCUT2D eigenvalue weighted by molar-refractivity contribution is -0.114. The Morgan fingerprint density at radius 3 is 1.97 bits per heavy atom. The van der Waals surface area contributed by atoms with Crippen LogP contribution in [0.1, 0.15) is 41.0 Å². The molecule has 20 heteroatoms. The number of ether oxygens (including phenoxy) is 2. The molecule has 1 aromatic heterocycles. The monoisotopic (exact) mass is 1030 g/mol. The van der Waals surface area contributed by atoms with Gasteiger partial charge in [-0.25, -0.2) is 14.3 Å². The van der Waals surface area contributed by atoms with Crippen LogP contribution < -0.4 is 24.4 Å². The van der Waals surface area contributed by atoms with Crippen LogP contribution in [0.15, 0.2) is 132 Å². The zero-order chi connectivity index (χ0) is 48.8. The number of aromatic nitrogens is 1. The number of aliphatic hydroxyl groups is 3. The van der Waals surface area contributed by atoms with Crippen molar-refractivity contribution >= 4 is 122 Å². The number of nitrogens with one attached hydrogen (secondary N) is 1. The summed E-state index contributed by atoms with van der Waals surface area (Å²) in [5.41, 5.74) is 3.71. The van der Waals surface area contributed by atoms with E-state index >= 15 is 0 Å². The molecule has 5 aromatic carbocycles. The second-order valence-corrected chi connectivity index (χ2v) is 19.7. The number of carbonyl (C=O) groups excluding carboxylic acids is 3. The summed E-state index contributed by atoms with van der Waals surface area (Å²) in [5, 5.41) is 35.0. The van der Waals surface area contributed by atoms with Gasteiger partial charge in [0.15, 0.2) is 5.75 Å². The number of carbonyl (C=O) groups is 3. The number of anilines is 3. The van der Waals surface area contributed by atoms with Crippen LogP contribution in [0.4, 0.5) is 21.9 Å². The standard InChI is InChI=1S/C49H41Cl2N4O11PS2/c1-28(68-69-42-12-6-7-19-52-42)27-64-49(61)53-37-20-29(14-17-43(56)54-25-31(23-50)45-35-10-4-2-8-33(35)40(21-38(45)54)65-48(60)47(58)59)13-15-30(37)16-18-44(57)55-26-32(24-51)46-36-11-5-3-9-34(36)41(22-39(46)55)66-67(62)63/h2-22,28,31-32H,23-27H2,1H3,(H4-,53,56,57,58,59,60,61,62,63)/p+1. The molecule has 4 atom stereocenters. The predicted molar refractivity (Wildman–Crippen MR) is 272 cm³/mol. The van der Waals surface area contributed by atoms with Gasteiger partial charge in [-0.05, 0) is 81.1 Å². The lowest BCUT2D eigenvalue weighted by Crippen LogP contribution is -2.28. The third-order valence-electron chi connectivity index (χ3n) is 11.3. The second kappa shape index (κ2) is 21.9. The normalized spacial score (nSPS) is 15.9. The molecule has 2 aliphatic heterocycles. The molecule has 5 N–H and O–H groups in total. The van der Waals surface area contributed by atoms with Crippen molar-refractivity contribution in [3.05, 3.63) is 150 Å². The van der Waals surface area contributed by atoms with E-state index in [0.29, 0.717) is 38.7 Å². The van der Waals surface area contributed by atoms with Gasteiger partial charge in [0.1, 0.15) is 17.4 Å². The zero-order valence-corrected chi connectivity index (χ0v) is 40.4. The average Bonchev–Trinajstić information content (AvgIpc) is 3.93. The molecule has 4 unspecified atom stereocenters. The summed E-state index contributed by atoms with van der Waals surface area (Å²) >= 11 is 12.9. The average molecular weight is 1030 g/mol. The number of aliphatic hydroxyl groups excluding tert-OH is 2. The first kappa shape index (κ1) is 49.0. The second-order valence-electron chi connectivity index (χ2n) is 15.8. The molecule has 0 saturated carbocycles. The molecule has 354 valence electrons. The molecule has 0 radical (unpaired) electrons. The number of fused-ring (bicyclic) bond motifs is 6. The number of halogens is 2.